The fraction of sp³-hybridized carbons (Fsp3) is 0.636. The van der Waals surface area contributed by atoms with Crippen LogP contribution in [0, 0.1) is 5.92 Å². The third kappa shape index (κ3) is 4.18. The first-order chi connectivity index (χ1) is 13.1. The van der Waals surface area contributed by atoms with E-state index in [4.69, 9.17) is 4.74 Å². The number of hydrogen-bond donors (Lipinski definition) is 0. The van der Waals surface area contributed by atoms with Gasteiger partial charge in [0.15, 0.2) is 0 Å². The Morgan fingerprint density at radius 2 is 1.93 bits per heavy atom. The summed E-state index contributed by atoms with van der Waals surface area (Å²) in [5.74, 6) is 1.61. The fourth-order valence-electron chi connectivity index (χ4n) is 4.67. The predicted molar refractivity (Wildman–Crippen MR) is 107 cm³/mol. The number of ether oxygens (including phenoxy) is 1. The van der Waals surface area contributed by atoms with Crippen LogP contribution in [0.5, 0.6) is 5.75 Å². The molecule has 0 spiro atoms. The van der Waals surface area contributed by atoms with E-state index in [-0.39, 0.29) is 0 Å². The van der Waals surface area contributed by atoms with Gasteiger partial charge in [0, 0.05) is 25.3 Å². The summed E-state index contributed by atoms with van der Waals surface area (Å²) in [4.78, 5) is 2.70. The Morgan fingerprint density at radius 1 is 1.11 bits per heavy atom. The third-order valence-corrected chi connectivity index (χ3v) is 6.18. The quantitative estimate of drug-likeness (QED) is 0.807. The number of piperidine rings is 1. The monoisotopic (exact) mass is 368 g/mol. The summed E-state index contributed by atoms with van der Waals surface area (Å²) in [7, 11) is 1.75. The number of rotatable bonds is 5. The van der Waals surface area contributed by atoms with Gasteiger partial charge in [-0.1, -0.05) is 25.1 Å². The van der Waals surface area contributed by atoms with Crippen LogP contribution in [0.3, 0.4) is 0 Å². The molecule has 5 nitrogen and oxygen atoms in total. The van der Waals surface area contributed by atoms with Gasteiger partial charge in [0.25, 0.3) is 0 Å². The molecule has 27 heavy (non-hydrogen) atoms. The van der Waals surface area contributed by atoms with Crippen molar-refractivity contribution in [2.75, 3.05) is 20.2 Å². The Morgan fingerprint density at radius 3 is 2.67 bits per heavy atom. The van der Waals surface area contributed by atoms with Crippen molar-refractivity contribution in [3.05, 3.63) is 41.2 Å². The van der Waals surface area contributed by atoms with Crippen LogP contribution in [0.15, 0.2) is 24.4 Å². The zero-order valence-electron chi connectivity index (χ0n) is 16.9. The molecule has 2 heterocycles. The first-order valence-electron chi connectivity index (χ1n) is 10.4. The van der Waals surface area contributed by atoms with E-state index < -0.39 is 0 Å². The molecule has 0 saturated carbocycles. The smallest absolute Gasteiger partial charge is 0.119 e. The Balaban J connectivity index is 1.34. The average Bonchev–Trinajstić information content (AvgIpc) is 3.15. The van der Waals surface area contributed by atoms with Crippen LogP contribution in [0.1, 0.15) is 56.0 Å². The highest BCUT2D eigenvalue weighted by molar-refractivity contribution is 5.38. The highest BCUT2D eigenvalue weighted by Crippen LogP contribution is 2.31. The van der Waals surface area contributed by atoms with Gasteiger partial charge in [-0.25, -0.2) is 4.68 Å². The standard InChI is InChI=1S/C22H32N4O/c1-16(2)12-19-15-26(24-23-19)20-8-10-25(11-9-20)21-6-4-17-5-7-22(27-3)14-18(17)13-21/h5,7,14-16,20-21H,4,6,8-13H2,1-3H3. The Bertz CT molecular complexity index is 761. The molecule has 1 aliphatic carbocycles. The molecule has 146 valence electrons. The van der Waals surface area contributed by atoms with Crippen LogP contribution in [0.4, 0.5) is 0 Å². The van der Waals surface area contributed by atoms with E-state index >= 15 is 0 Å². The molecule has 1 saturated heterocycles. The van der Waals surface area contributed by atoms with Gasteiger partial charge in [-0.05, 0) is 67.7 Å². The van der Waals surface area contributed by atoms with Crippen LogP contribution in [0.25, 0.3) is 0 Å². The molecular weight excluding hydrogens is 336 g/mol. The third-order valence-electron chi connectivity index (χ3n) is 6.18. The minimum Gasteiger partial charge on any atom is -0.497 e. The normalized spacial score (nSPS) is 21.4. The molecule has 0 radical (unpaired) electrons. The van der Waals surface area contributed by atoms with Gasteiger partial charge in [-0.3, -0.25) is 4.90 Å². The zero-order chi connectivity index (χ0) is 18.8. The van der Waals surface area contributed by atoms with Gasteiger partial charge in [0.05, 0.1) is 18.8 Å². The van der Waals surface area contributed by atoms with Gasteiger partial charge in [-0.15, -0.1) is 5.10 Å². The van der Waals surface area contributed by atoms with Crippen LogP contribution in [0.2, 0.25) is 0 Å². The summed E-state index contributed by atoms with van der Waals surface area (Å²) in [5.41, 5.74) is 4.11. The summed E-state index contributed by atoms with van der Waals surface area (Å²) in [5, 5.41) is 8.78. The molecule has 1 unspecified atom stereocenters. The topological polar surface area (TPSA) is 43.2 Å². The van der Waals surface area contributed by atoms with Gasteiger partial charge >= 0.3 is 0 Å². The maximum atomic E-state index is 5.42. The van der Waals surface area contributed by atoms with E-state index in [1.165, 1.54) is 36.8 Å². The zero-order valence-corrected chi connectivity index (χ0v) is 16.9. The summed E-state index contributed by atoms with van der Waals surface area (Å²) >= 11 is 0. The molecule has 0 N–H and O–H groups in total. The number of benzene rings is 1. The largest absolute Gasteiger partial charge is 0.497 e. The molecule has 5 heteroatoms. The molecule has 4 rings (SSSR count). The van der Waals surface area contributed by atoms with Gasteiger partial charge in [0.1, 0.15) is 5.75 Å². The number of hydrogen-bond acceptors (Lipinski definition) is 4. The maximum absolute atomic E-state index is 5.42. The molecule has 0 amide bonds. The number of aryl methyl sites for hydroxylation is 1. The lowest BCUT2D eigenvalue weighted by Crippen LogP contribution is -2.44. The Hall–Kier alpha value is -1.88. The Labute approximate surface area is 162 Å². The van der Waals surface area contributed by atoms with E-state index in [0.29, 0.717) is 18.0 Å². The highest BCUT2D eigenvalue weighted by atomic mass is 16.5. The van der Waals surface area contributed by atoms with Gasteiger partial charge in [0.2, 0.25) is 0 Å². The molecule has 1 aromatic heterocycles. The number of nitrogens with zero attached hydrogens (tertiary/aromatic N) is 4. The second kappa shape index (κ2) is 8.01. The van der Waals surface area contributed by atoms with Crippen LogP contribution >= 0.6 is 0 Å². The second-order valence-electron chi connectivity index (χ2n) is 8.59. The molecule has 1 aliphatic heterocycles. The summed E-state index contributed by atoms with van der Waals surface area (Å²) < 4.78 is 7.54. The van der Waals surface area contributed by atoms with E-state index in [1.807, 2.05) is 0 Å². The molecule has 1 fully saturated rings. The SMILES string of the molecule is COc1ccc2c(c1)CC(N1CCC(n3cc(CC(C)C)nn3)CC1)CC2. The molecule has 2 aromatic rings. The van der Waals surface area contributed by atoms with Gasteiger partial charge < -0.3 is 4.74 Å². The number of likely N-dealkylation sites (tertiary alicyclic amines) is 1. The minimum absolute atomic E-state index is 0.505. The lowest BCUT2D eigenvalue weighted by Gasteiger charge is -2.39. The van der Waals surface area contributed by atoms with E-state index in [2.05, 4.69) is 58.1 Å². The van der Waals surface area contributed by atoms with Crippen molar-refractivity contribution < 1.29 is 4.74 Å². The maximum Gasteiger partial charge on any atom is 0.119 e. The minimum atomic E-state index is 0.505. The van der Waals surface area contributed by atoms with Crippen molar-refractivity contribution in [1.29, 1.82) is 0 Å². The molecule has 1 atom stereocenters. The van der Waals surface area contributed by atoms with Crippen molar-refractivity contribution in [1.82, 2.24) is 19.9 Å². The second-order valence-corrected chi connectivity index (χ2v) is 8.59. The summed E-state index contributed by atoms with van der Waals surface area (Å²) in [6, 6.07) is 7.75. The number of methoxy groups -OCH3 is 1. The average molecular weight is 369 g/mol. The van der Waals surface area contributed by atoms with Crippen molar-refractivity contribution >= 4 is 0 Å². The predicted octanol–water partition coefficient (Wildman–Crippen LogP) is 3.68. The van der Waals surface area contributed by atoms with Gasteiger partial charge in [-0.2, -0.15) is 0 Å². The van der Waals surface area contributed by atoms with E-state index in [1.54, 1.807) is 7.11 Å². The van der Waals surface area contributed by atoms with Crippen LogP contribution in [-0.4, -0.2) is 46.1 Å². The molecule has 2 aliphatic rings. The van der Waals surface area contributed by atoms with Crippen molar-refractivity contribution in [2.45, 2.75) is 64.5 Å². The Kier molecular flexibility index (Phi) is 5.48. The number of aromatic nitrogens is 3. The van der Waals surface area contributed by atoms with Crippen molar-refractivity contribution in [3.63, 3.8) is 0 Å². The van der Waals surface area contributed by atoms with Crippen molar-refractivity contribution in [3.8, 4) is 5.75 Å². The first kappa shape index (κ1) is 18.5. The molecule has 1 aromatic carbocycles. The molecular formula is C22H32N4O. The van der Waals surface area contributed by atoms with Crippen LogP contribution < -0.4 is 4.74 Å². The van der Waals surface area contributed by atoms with E-state index in [9.17, 15) is 0 Å². The summed E-state index contributed by atoms with van der Waals surface area (Å²) in [6.45, 7) is 6.78. The van der Waals surface area contributed by atoms with Crippen molar-refractivity contribution in [2.24, 2.45) is 5.92 Å². The molecule has 0 bridgehead atoms. The summed E-state index contributed by atoms with van der Waals surface area (Å²) in [6.07, 6.45) is 9.14. The number of fused-ring (bicyclic) bond motifs is 1. The fourth-order valence-corrected chi connectivity index (χ4v) is 4.67. The lowest BCUT2D eigenvalue weighted by molar-refractivity contribution is 0.120. The lowest BCUT2D eigenvalue weighted by atomic mass is 9.86. The highest BCUT2D eigenvalue weighted by Gasteiger charge is 2.29. The first-order valence-corrected chi connectivity index (χ1v) is 10.4. The van der Waals surface area contributed by atoms with Crippen LogP contribution in [-0.2, 0) is 19.3 Å². The van der Waals surface area contributed by atoms with E-state index in [0.717, 1.165) is 37.4 Å².